The van der Waals surface area contributed by atoms with E-state index in [1.807, 2.05) is 161 Å². The monoisotopic (exact) mass is 1360 g/mol. The first-order valence-electron chi connectivity index (χ1n) is 30.9. The minimum absolute atomic E-state index is 0. The van der Waals surface area contributed by atoms with E-state index in [-0.39, 0.29) is 71.8 Å². The first-order chi connectivity index (χ1) is 46.1. The number of ether oxygens (including phenoxy) is 8. The number of carboxylic acids is 1. The number of aryl methyl sites for hydroxylation is 4. The number of nitrogens with one attached hydrogen (secondary N) is 1. The molecule has 0 aliphatic carbocycles. The van der Waals surface area contributed by atoms with Gasteiger partial charge < -0.3 is 63.6 Å². The Hall–Kier alpha value is -11.4. The molecule has 0 saturated carbocycles. The maximum Gasteiger partial charge on any atom is 0.406 e. The Morgan fingerprint density at radius 1 is 0.400 bits per heavy atom. The van der Waals surface area contributed by atoms with E-state index in [0.29, 0.717) is 51.4 Å². The van der Waals surface area contributed by atoms with Crippen molar-refractivity contribution in [1.29, 1.82) is 0 Å². The van der Waals surface area contributed by atoms with Gasteiger partial charge in [0, 0.05) is 89.2 Å². The number of carboxylic acid groups (broad SMARTS) is 1. The third-order valence-electron chi connectivity index (χ3n) is 16.6. The van der Waals surface area contributed by atoms with Gasteiger partial charge in [-0.05, 0) is 130 Å². The van der Waals surface area contributed by atoms with Crippen molar-refractivity contribution >= 4 is 35.9 Å². The van der Waals surface area contributed by atoms with Gasteiger partial charge in [0.2, 0.25) is 0 Å². The average molecular weight is 1360 g/mol. The molecule has 6 heterocycles. The maximum absolute atomic E-state index is 12.6. The Bertz CT molecular complexity index is 3930. The molecule has 19 heteroatoms. The van der Waals surface area contributed by atoms with E-state index in [0.717, 1.165) is 111 Å². The summed E-state index contributed by atoms with van der Waals surface area (Å²) >= 11 is 0. The number of benzene rings is 9. The van der Waals surface area contributed by atoms with Crippen molar-refractivity contribution < 1.29 is 87.1 Å². The van der Waals surface area contributed by atoms with E-state index >= 15 is 0 Å². The summed E-state index contributed by atoms with van der Waals surface area (Å²) < 4.78 is 44.8. The lowest BCUT2D eigenvalue weighted by molar-refractivity contribution is -0.138. The maximum atomic E-state index is 12.6. The van der Waals surface area contributed by atoms with Crippen molar-refractivity contribution in [1.82, 2.24) is 5.32 Å². The zero-order chi connectivity index (χ0) is 68.6. The van der Waals surface area contributed by atoms with E-state index in [1.165, 1.54) is 45.4 Å². The number of rotatable bonds is 6. The number of fused-ring (bicyclic) bond motifs is 18. The fourth-order valence-electron chi connectivity index (χ4n) is 12.3. The number of carbonyl (C=O) groups excluding carboxylic acids is 5. The third-order valence-corrected chi connectivity index (χ3v) is 16.6. The number of hydrogen-bond acceptors (Lipinski definition) is 17. The van der Waals surface area contributed by atoms with Crippen LogP contribution in [0, 0.1) is 27.7 Å². The summed E-state index contributed by atoms with van der Waals surface area (Å²) in [7, 11) is 2.70. The molecule has 0 atom stereocenters. The SMILES string of the molecule is C.C.C.C.CC(=O)O.COC(=O)NCCCCCCO.COC(C)=O.Cc1ccc2c(c1)Oc1cc(C)ccc1C21OC(=O)c2ccccc21.Cc1ccc2c(c1)Oc1cc(C)ccc1C21OC(=O)c2ccccc21.O=C1OC2(c3ccc(O)cc3Oc3cc(O)ccc32)c2ccccc21. The Labute approximate surface area is 583 Å². The van der Waals surface area contributed by atoms with Crippen LogP contribution in [0.1, 0.15) is 173 Å². The van der Waals surface area contributed by atoms with Gasteiger partial charge in [-0.3, -0.25) is 9.59 Å². The summed E-state index contributed by atoms with van der Waals surface area (Å²) in [6, 6.07) is 55.9. The van der Waals surface area contributed by atoms with Crippen LogP contribution in [0.15, 0.2) is 182 Å². The zero-order valence-electron chi connectivity index (χ0n) is 54.1. The summed E-state index contributed by atoms with van der Waals surface area (Å²) in [4.78, 5) is 66.9. The second-order valence-corrected chi connectivity index (χ2v) is 23.3. The zero-order valence-corrected chi connectivity index (χ0v) is 54.1. The predicted octanol–water partition coefficient (Wildman–Crippen LogP) is 17.1. The molecular weight excluding hydrogens is 1270 g/mol. The highest BCUT2D eigenvalue weighted by atomic mass is 16.6. The summed E-state index contributed by atoms with van der Waals surface area (Å²) in [6.07, 6.45) is 3.45. The van der Waals surface area contributed by atoms with E-state index in [4.69, 9.17) is 43.4 Å². The van der Waals surface area contributed by atoms with Crippen LogP contribution in [0.5, 0.6) is 46.0 Å². The van der Waals surface area contributed by atoms with Gasteiger partial charge in [0.05, 0.1) is 30.9 Å². The number of esters is 4. The molecule has 6 aliphatic heterocycles. The van der Waals surface area contributed by atoms with Crippen molar-refractivity contribution in [3.63, 3.8) is 0 Å². The summed E-state index contributed by atoms with van der Waals surface area (Å²) in [5.74, 6) is 1.69. The summed E-state index contributed by atoms with van der Waals surface area (Å²) in [5, 5.41) is 38.1. The lowest BCUT2D eigenvalue weighted by atomic mass is 9.77. The van der Waals surface area contributed by atoms with Gasteiger partial charge in [-0.15, -0.1) is 0 Å². The molecule has 9 aromatic carbocycles. The molecule has 0 fully saturated rings. The number of carbonyl (C=O) groups is 6. The lowest BCUT2D eigenvalue weighted by Gasteiger charge is -2.36. The van der Waals surface area contributed by atoms with Crippen LogP contribution in [0.4, 0.5) is 4.79 Å². The second kappa shape index (κ2) is 32.7. The van der Waals surface area contributed by atoms with E-state index in [2.05, 4.69) is 14.8 Å². The number of aliphatic hydroxyl groups is 1. The van der Waals surface area contributed by atoms with Crippen LogP contribution in [0.3, 0.4) is 0 Å². The molecule has 5 N–H and O–H groups in total. The van der Waals surface area contributed by atoms with Crippen LogP contribution in [0.25, 0.3) is 0 Å². The number of alkyl carbamates (subject to hydrolysis) is 1. The summed E-state index contributed by atoms with van der Waals surface area (Å²) in [6.45, 7) is 11.4. The number of aromatic hydroxyl groups is 2. The van der Waals surface area contributed by atoms with Crippen LogP contribution in [0.2, 0.25) is 0 Å². The first kappa shape index (κ1) is 77.6. The quantitative estimate of drug-likeness (QED) is 0.0588. The normalized spacial score (nSPS) is 13.6. The molecule has 3 spiro atoms. The van der Waals surface area contributed by atoms with Crippen LogP contribution >= 0.6 is 0 Å². The van der Waals surface area contributed by atoms with Crippen molar-refractivity contribution in [2.24, 2.45) is 0 Å². The number of phenols is 2. The molecule has 6 aliphatic rings. The van der Waals surface area contributed by atoms with Crippen LogP contribution in [-0.2, 0) is 50.1 Å². The topological polar surface area (TPSA) is 269 Å². The molecule has 524 valence electrons. The Morgan fingerprint density at radius 3 is 0.950 bits per heavy atom. The highest BCUT2D eigenvalue weighted by Gasteiger charge is 2.56. The lowest BCUT2D eigenvalue weighted by Crippen LogP contribution is -2.33. The van der Waals surface area contributed by atoms with Gasteiger partial charge in [-0.25, -0.2) is 19.2 Å². The molecular formula is C81H87NO18. The van der Waals surface area contributed by atoms with Crippen molar-refractivity contribution in [3.05, 3.63) is 271 Å². The fraction of sp³-hybridized carbons (Fsp3) is 0.259. The number of unbranched alkanes of at least 4 members (excludes halogenated alkanes) is 3. The molecule has 0 bridgehead atoms. The Kier molecular flexibility index (Phi) is 25.4. The van der Waals surface area contributed by atoms with E-state index < -0.39 is 28.7 Å². The van der Waals surface area contributed by atoms with Gasteiger partial charge in [-0.2, -0.15) is 0 Å². The van der Waals surface area contributed by atoms with Crippen molar-refractivity contribution in [2.45, 2.75) is 114 Å². The third kappa shape index (κ3) is 15.1. The van der Waals surface area contributed by atoms with Gasteiger partial charge in [-0.1, -0.05) is 146 Å². The molecule has 0 unspecified atom stereocenters. The van der Waals surface area contributed by atoms with E-state index in [1.54, 1.807) is 24.3 Å². The average Bonchev–Trinajstić information content (AvgIpc) is 1.49. The van der Waals surface area contributed by atoms with E-state index in [9.17, 15) is 34.2 Å². The fourth-order valence-corrected chi connectivity index (χ4v) is 12.3. The standard InChI is InChI=1S/2C22H16O3.C20H12O5.C8H17NO3.C3H6O2.C2H4O2.4CH4/c2*1-13-7-9-17-19(11-13)24-20-12-14(2)8-10-18(20)22(17)16-6-4-3-5-15(16)21(23)25-22;21-11-5-7-15-17(9-11)24-18-10-12(22)6-8-16(18)20(15)14-4-2-1-3-13(14)19(23)25-20;1-12-8(11)9-6-4-2-3-5-7-10;1-3(4)5-2;1-2(3)4;;;;/h2*3-12H,1-2H3;1-10,21-22H;10H,2-7H2,1H3,(H,9,11);1-2H3;1H3,(H,3,4);4*1H4. The molecule has 19 nitrogen and oxygen atoms in total. The highest BCUT2D eigenvalue weighted by molar-refractivity contribution is 5.99. The highest BCUT2D eigenvalue weighted by Crippen LogP contribution is 2.60. The number of hydrogen-bond donors (Lipinski definition) is 5. The minimum atomic E-state index is -1.17. The number of methoxy groups -OCH3 is 2. The molecule has 0 saturated heterocycles. The minimum Gasteiger partial charge on any atom is -0.508 e. The molecule has 1 amide bonds. The molecule has 15 rings (SSSR count). The Morgan fingerprint density at radius 2 is 0.670 bits per heavy atom. The molecule has 100 heavy (non-hydrogen) atoms. The smallest absolute Gasteiger partial charge is 0.406 e. The molecule has 0 radical (unpaired) electrons. The van der Waals surface area contributed by atoms with Crippen molar-refractivity contribution in [3.8, 4) is 46.0 Å². The number of aliphatic hydroxyl groups excluding tert-OH is 1. The van der Waals surface area contributed by atoms with Gasteiger partial charge in [0.25, 0.3) is 5.97 Å². The molecule has 9 aromatic rings. The summed E-state index contributed by atoms with van der Waals surface area (Å²) in [5.41, 5.74) is 10.2. The predicted molar refractivity (Wildman–Crippen MR) is 380 cm³/mol. The van der Waals surface area contributed by atoms with Gasteiger partial charge in [0.15, 0.2) is 16.8 Å². The van der Waals surface area contributed by atoms with Gasteiger partial charge in [0.1, 0.15) is 46.0 Å². The van der Waals surface area contributed by atoms with Crippen molar-refractivity contribution in [2.75, 3.05) is 27.4 Å². The van der Waals surface area contributed by atoms with Crippen LogP contribution < -0.4 is 19.5 Å². The first-order valence-corrected chi connectivity index (χ1v) is 30.9. The molecule has 0 aromatic heterocycles. The largest absolute Gasteiger partial charge is 0.508 e. The number of aliphatic carboxylic acids is 1. The Balaban J connectivity index is 0.000000204. The second-order valence-electron chi connectivity index (χ2n) is 23.3. The van der Waals surface area contributed by atoms with Gasteiger partial charge >= 0.3 is 30.0 Å². The number of amides is 1. The number of phenolic OH excluding ortho intramolecular Hbond substituents is 2. The van der Waals surface area contributed by atoms with Crippen LogP contribution in [-0.4, -0.2) is 83.7 Å².